The summed E-state index contributed by atoms with van der Waals surface area (Å²) in [5, 5.41) is 5.95. The number of rotatable bonds is 7. The number of hydrogen-bond donors (Lipinski definition) is 1. The Hall–Kier alpha value is -1.80. The van der Waals surface area contributed by atoms with Crippen molar-refractivity contribution in [3.8, 4) is 5.75 Å². The molecule has 0 heterocycles. The van der Waals surface area contributed by atoms with Crippen molar-refractivity contribution in [3.63, 3.8) is 0 Å². The Morgan fingerprint density at radius 2 is 1.90 bits per heavy atom. The fraction of sp³-hybridized carbons (Fsp3) is 0.368. The molecular weight excluding hydrogens is 258 g/mol. The van der Waals surface area contributed by atoms with E-state index in [0.717, 1.165) is 12.2 Å². The van der Waals surface area contributed by atoms with E-state index in [-0.39, 0.29) is 6.04 Å². The van der Waals surface area contributed by atoms with Gasteiger partial charge in [-0.2, -0.15) is 0 Å². The summed E-state index contributed by atoms with van der Waals surface area (Å²) in [7, 11) is 0. The van der Waals surface area contributed by atoms with Crippen LogP contribution < -0.4 is 10.1 Å². The van der Waals surface area contributed by atoms with Gasteiger partial charge in [-0.05, 0) is 18.7 Å². The van der Waals surface area contributed by atoms with Gasteiger partial charge in [0.05, 0.1) is 6.61 Å². The minimum absolute atomic E-state index is 0.258. The van der Waals surface area contributed by atoms with Crippen LogP contribution in [0.25, 0.3) is 10.8 Å². The van der Waals surface area contributed by atoms with Crippen LogP contribution in [0.1, 0.15) is 38.8 Å². The first kappa shape index (κ1) is 15.6. The van der Waals surface area contributed by atoms with E-state index < -0.39 is 0 Å². The molecule has 2 nitrogen and oxygen atoms in total. The summed E-state index contributed by atoms with van der Waals surface area (Å²) < 4.78 is 6.08. The molecule has 1 unspecified atom stereocenters. The van der Waals surface area contributed by atoms with Crippen LogP contribution in [-0.4, -0.2) is 12.6 Å². The van der Waals surface area contributed by atoms with Crippen molar-refractivity contribution >= 4 is 10.8 Å². The number of ether oxygens (including phenoxy) is 1. The van der Waals surface area contributed by atoms with Crippen molar-refractivity contribution in [3.05, 3.63) is 54.6 Å². The summed E-state index contributed by atoms with van der Waals surface area (Å²) in [6.45, 7) is 10.9. The van der Waals surface area contributed by atoms with Crippen LogP contribution in [0.2, 0.25) is 0 Å². The first-order valence-electron chi connectivity index (χ1n) is 7.65. The van der Waals surface area contributed by atoms with E-state index in [4.69, 9.17) is 4.74 Å². The predicted octanol–water partition coefficient (Wildman–Crippen LogP) is 4.85. The Bertz CT molecular complexity index is 604. The van der Waals surface area contributed by atoms with Crippen LogP contribution >= 0.6 is 0 Å². The fourth-order valence-electron chi connectivity index (χ4n) is 2.60. The molecule has 0 spiro atoms. The molecule has 0 aliphatic carbocycles. The third kappa shape index (κ3) is 3.85. The average Bonchev–Trinajstić information content (AvgIpc) is 2.46. The summed E-state index contributed by atoms with van der Waals surface area (Å²) in [6.07, 6.45) is 2.75. The van der Waals surface area contributed by atoms with Crippen molar-refractivity contribution in [2.45, 2.75) is 39.3 Å². The van der Waals surface area contributed by atoms with Gasteiger partial charge in [-0.3, -0.25) is 0 Å². The first-order chi connectivity index (χ1) is 10.1. The van der Waals surface area contributed by atoms with Gasteiger partial charge in [0.15, 0.2) is 0 Å². The van der Waals surface area contributed by atoms with Crippen LogP contribution in [0, 0.1) is 0 Å². The molecule has 0 radical (unpaired) electrons. The van der Waals surface area contributed by atoms with Crippen LogP contribution in [0.5, 0.6) is 5.75 Å². The van der Waals surface area contributed by atoms with Crippen molar-refractivity contribution in [1.29, 1.82) is 0 Å². The van der Waals surface area contributed by atoms with Gasteiger partial charge in [0.25, 0.3) is 0 Å². The van der Waals surface area contributed by atoms with Gasteiger partial charge < -0.3 is 10.1 Å². The number of benzene rings is 2. The molecule has 0 bridgehead atoms. The molecule has 1 N–H and O–H groups in total. The van der Waals surface area contributed by atoms with E-state index >= 15 is 0 Å². The van der Waals surface area contributed by atoms with E-state index in [0.29, 0.717) is 12.6 Å². The van der Waals surface area contributed by atoms with Crippen molar-refractivity contribution < 1.29 is 4.74 Å². The first-order valence-corrected chi connectivity index (χ1v) is 7.65. The van der Waals surface area contributed by atoms with Gasteiger partial charge in [0.2, 0.25) is 0 Å². The van der Waals surface area contributed by atoms with Gasteiger partial charge in [-0.25, -0.2) is 0 Å². The Kier molecular flexibility index (Phi) is 5.40. The zero-order valence-electron chi connectivity index (χ0n) is 13.2. The van der Waals surface area contributed by atoms with Gasteiger partial charge >= 0.3 is 0 Å². The largest absolute Gasteiger partial charge is 0.492 e. The van der Waals surface area contributed by atoms with Crippen LogP contribution in [0.4, 0.5) is 0 Å². The second kappa shape index (κ2) is 7.28. The zero-order chi connectivity index (χ0) is 15.2. The van der Waals surface area contributed by atoms with Gasteiger partial charge in [0.1, 0.15) is 5.75 Å². The van der Waals surface area contributed by atoms with E-state index in [1.54, 1.807) is 0 Å². The second-order valence-corrected chi connectivity index (χ2v) is 5.67. The molecule has 0 saturated heterocycles. The molecule has 2 rings (SSSR count). The van der Waals surface area contributed by atoms with Gasteiger partial charge in [-0.1, -0.05) is 56.3 Å². The highest BCUT2D eigenvalue weighted by Crippen LogP contribution is 2.34. The average molecular weight is 283 g/mol. The third-order valence-corrected chi connectivity index (χ3v) is 3.53. The highest BCUT2D eigenvalue weighted by molar-refractivity contribution is 5.89. The molecule has 2 heteroatoms. The van der Waals surface area contributed by atoms with Crippen molar-refractivity contribution in [1.82, 2.24) is 5.32 Å². The highest BCUT2D eigenvalue weighted by Gasteiger charge is 2.15. The normalized spacial score (nSPS) is 12.6. The molecule has 21 heavy (non-hydrogen) atoms. The maximum Gasteiger partial charge on any atom is 0.131 e. The topological polar surface area (TPSA) is 21.3 Å². The zero-order valence-corrected chi connectivity index (χ0v) is 13.2. The molecule has 0 fully saturated rings. The highest BCUT2D eigenvalue weighted by atomic mass is 16.5. The maximum atomic E-state index is 6.08. The minimum atomic E-state index is 0.258. The van der Waals surface area contributed by atoms with Gasteiger partial charge in [-0.15, -0.1) is 6.58 Å². The summed E-state index contributed by atoms with van der Waals surface area (Å²) >= 11 is 0. The lowest BCUT2D eigenvalue weighted by Crippen LogP contribution is -2.26. The number of hydrogen-bond acceptors (Lipinski definition) is 2. The molecule has 2 aromatic rings. The smallest absolute Gasteiger partial charge is 0.131 e. The summed E-state index contributed by atoms with van der Waals surface area (Å²) in [5.74, 6) is 0.996. The Balaban J connectivity index is 2.42. The van der Waals surface area contributed by atoms with E-state index in [9.17, 15) is 0 Å². The van der Waals surface area contributed by atoms with Crippen molar-refractivity contribution in [2.75, 3.05) is 6.61 Å². The molecule has 2 aromatic carbocycles. The van der Waals surface area contributed by atoms with Crippen LogP contribution in [-0.2, 0) is 0 Å². The predicted molar refractivity (Wildman–Crippen MR) is 90.9 cm³/mol. The quantitative estimate of drug-likeness (QED) is 0.579. The Morgan fingerprint density at radius 3 is 2.62 bits per heavy atom. The van der Waals surface area contributed by atoms with E-state index in [2.05, 4.69) is 69.1 Å². The van der Waals surface area contributed by atoms with Crippen LogP contribution in [0.3, 0.4) is 0 Å². The molecule has 112 valence electrons. The lowest BCUT2D eigenvalue weighted by atomic mass is 10.0. The van der Waals surface area contributed by atoms with E-state index in [1.165, 1.54) is 16.3 Å². The maximum absolute atomic E-state index is 6.08. The van der Waals surface area contributed by atoms with Gasteiger partial charge in [0, 0.05) is 23.0 Å². The third-order valence-electron chi connectivity index (χ3n) is 3.53. The summed E-state index contributed by atoms with van der Waals surface area (Å²) in [6, 6.07) is 13.4. The monoisotopic (exact) mass is 283 g/mol. The lowest BCUT2D eigenvalue weighted by molar-refractivity contribution is 0.321. The lowest BCUT2D eigenvalue weighted by Gasteiger charge is -2.22. The molecule has 0 aliphatic heterocycles. The Morgan fingerprint density at radius 1 is 1.14 bits per heavy atom. The Labute approximate surface area is 127 Å². The standard InChI is InChI=1S/C19H25NO/c1-5-6-13-21-19-17(15(4)20-14(2)3)12-11-16-9-7-8-10-18(16)19/h5,7-12,14-15,20H,1,6,13H2,2-4H3. The molecule has 0 saturated carbocycles. The van der Waals surface area contributed by atoms with E-state index in [1.807, 2.05) is 6.08 Å². The fourth-order valence-corrected chi connectivity index (χ4v) is 2.60. The molecule has 0 aliphatic rings. The molecule has 0 amide bonds. The summed E-state index contributed by atoms with van der Waals surface area (Å²) in [4.78, 5) is 0. The molecule has 1 atom stereocenters. The van der Waals surface area contributed by atoms with Crippen molar-refractivity contribution in [2.24, 2.45) is 0 Å². The summed E-state index contributed by atoms with van der Waals surface area (Å²) in [5.41, 5.74) is 1.21. The number of nitrogens with one attached hydrogen (secondary N) is 1. The molecular formula is C19H25NO. The van der Waals surface area contributed by atoms with Crippen LogP contribution in [0.15, 0.2) is 49.1 Å². The minimum Gasteiger partial charge on any atom is -0.492 e. The second-order valence-electron chi connectivity index (χ2n) is 5.67. The number of fused-ring (bicyclic) bond motifs is 1. The molecule has 0 aromatic heterocycles. The SMILES string of the molecule is C=CCCOc1c(C(C)NC(C)C)ccc2ccccc12.